The summed E-state index contributed by atoms with van der Waals surface area (Å²) in [6, 6.07) is -0.914. The smallest absolute Gasteiger partial charge is 0.328 e. The van der Waals surface area contributed by atoms with Gasteiger partial charge in [0.25, 0.3) is 5.91 Å². The van der Waals surface area contributed by atoms with E-state index in [4.69, 9.17) is 18.9 Å². The second-order valence-corrected chi connectivity index (χ2v) is 4.59. The third-order valence-electron chi connectivity index (χ3n) is 2.94. The molecule has 1 amide bonds. The molecule has 2 unspecified atom stereocenters. The molecule has 1 rings (SSSR count). The SMILES string of the molecule is CCOC(=O)CCC(NC(=O)C1COCCO1)C(=O)OCC. The van der Waals surface area contributed by atoms with Crippen LogP contribution in [0, 0.1) is 0 Å². The highest BCUT2D eigenvalue weighted by atomic mass is 16.6. The van der Waals surface area contributed by atoms with Gasteiger partial charge in [-0.2, -0.15) is 0 Å². The molecule has 1 fully saturated rings. The van der Waals surface area contributed by atoms with Crippen LogP contribution in [0.4, 0.5) is 0 Å². The molecule has 1 N–H and O–H groups in total. The standard InChI is InChI=1S/C14H23NO7/c1-3-20-12(16)6-5-10(14(18)21-4-2)15-13(17)11-9-19-7-8-22-11/h10-11H,3-9H2,1-2H3,(H,15,17). The predicted octanol–water partition coefficient (Wildman–Crippen LogP) is -0.207. The summed E-state index contributed by atoms with van der Waals surface area (Å²) in [6.07, 6.45) is -0.635. The zero-order chi connectivity index (χ0) is 16.4. The number of rotatable bonds is 8. The van der Waals surface area contributed by atoms with E-state index in [1.54, 1.807) is 13.8 Å². The number of nitrogens with one attached hydrogen (secondary N) is 1. The van der Waals surface area contributed by atoms with Gasteiger partial charge in [0.15, 0.2) is 6.10 Å². The first kappa shape index (κ1) is 18.4. The predicted molar refractivity (Wildman–Crippen MR) is 75.0 cm³/mol. The second kappa shape index (κ2) is 10.1. The largest absolute Gasteiger partial charge is 0.466 e. The summed E-state index contributed by atoms with van der Waals surface area (Å²) in [7, 11) is 0. The van der Waals surface area contributed by atoms with Crippen LogP contribution in [0.25, 0.3) is 0 Å². The number of ether oxygens (including phenoxy) is 4. The number of amides is 1. The van der Waals surface area contributed by atoms with E-state index in [1.165, 1.54) is 0 Å². The van der Waals surface area contributed by atoms with Crippen molar-refractivity contribution in [3.8, 4) is 0 Å². The van der Waals surface area contributed by atoms with E-state index in [1.807, 2.05) is 0 Å². The maximum absolute atomic E-state index is 12.0. The maximum Gasteiger partial charge on any atom is 0.328 e. The summed E-state index contributed by atoms with van der Waals surface area (Å²) in [4.78, 5) is 35.3. The summed E-state index contributed by atoms with van der Waals surface area (Å²) in [5.41, 5.74) is 0. The minimum Gasteiger partial charge on any atom is -0.466 e. The van der Waals surface area contributed by atoms with Gasteiger partial charge in [0.2, 0.25) is 0 Å². The average Bonchev–Trinajstić information content (AvgIpc) is 2.52. The van der Waals surface area contributed by atoms with Gasteiger partial charge in [-0.15, -0.1) is 0 Å². The third kappa shape index (κ3) is 6.40. The highest BCUT2D eigenvalue weighted by molar-refractivity contribution is 5.87. The third-order valence-corrected chi connectivity index (χ3v) is 2.94. The van der Waals surface area contributed by atoms with Gasteiger partial charge in [-0.25, -0.2) is 4.79 Å². The first-order valence-corrected chi connectivity index (χ1v) is 7.40. The Balaban J connectivity index is 2.54. The fraction of sp³-hybridized carbons (Fsp3) is 0.786. The minimum atomic E-state index is -0.914. The lowest BCUT2D eigenvalue weighted by Crippen LogP contribution is -2.49. The Morgan fingerprint density at radius 3 is 2.50 bits per heavy atom. The van der Waals surface area contributed by atoms with Crippen LogP contribution in [0.1, 0.15) is 26.7 Å². The molecule has 0 aliphatic carbocycles. The number of carbonyl (C=O) groups is 3. The summed E-state index contributed by atoms with van der Waals surface area (Å²) < 4.78 is 20.1. The van der Waals surface area contributed by atoms with Crippen molar-refractivity contribution in [2.75, 3.05) is 33.0 Å². The van der Waals surface area contributed by atoms with Gasteiger partial charge in [0.05, 0.1) is 33.0 Å². The number of hydrogen-bond acceptors (Lipinski definition) is 7. The molecule has 0 aromatic heterocycles. The number of esters is 2. The number of hydrogen-bond donors (Lipinski definition) is 1. The Hall–Kier alpha value is -1.67. The molecule has 0 aromatic rings. The molecule has 0 aromatic carbocycles. The molecule has 22 heavy (non-hydrogen) atoms. The zero-order valence-corrected chi connectivity index (χ0v) is 13.0. The van der Waals surface area contributed by atoms with Gasteiger partial charge in [0, 0.05) is 6.42 Å². The van der Waals surface area contributed by atoms with Gasteiger partial charge in [0.1, 0.15) is 6.04 Å². The summed E-state index contributed by atoms with van der Waals surface area (Å²) >= 11 is 0. The van der Waals surface area contributed by atoms with Crippen molar-refractivity contribution < 1.29 is 33.3 Å². The molecule has 1 saturated heterocycles. The molecule has 0 radical (unpaired) electrons. The molecule has 2 atom stereocenters. The molecule has 1 aliphatic heterocycles. The quantitative estimate of drug-likeness (QED) is 0.618. The van der Waals surface area contributed by atoms with E-state index in [0.29, 0.717) is 13.2 Å². The van der Waals surface area contributed by atoms with E-state index >= 15 is 0 Å². The van der Waals surface area contributed by atoms with Crippen molar-refractivity contribution in [1.29, 1.82) is 0 Å². The fourth-order valence-electron chi connectivity index (χ4n) is 1.89. The van der Waals surface area contributed by atoms with Gasteiger partial charge in [-0.1, -0.05) is 0 Å². The first-order valence-electron chi connectivity index (χ1n) is 7.40. The van der Waals surface area contributed by atoms with Crippen molar-refractivity contribution in [3.05, 3.63) is 0 Å². The Morgan fingerprint density at radius 2 is 1.91 bits per heavy atom. The Labute approximate surface area is 129 Å². The summed E-state index contributed by atoms with van der Waals surface area (Å²) in [5, 5.41) is 2.54. The van der Waals surface area contributed by atoms with Crippen molar-refractivity contribution in [2.45, 2.75) is 38.8 Å². The zero-order valence-electron chi connectivity index (χ0n) is 13.0. The molecule has 126 valence electrons. The number of carbonyl (C=O) groups excluding carboxylic acids is 3. The van der Waals surface area contributed by atoms with Crippen LogP contribution in [0.2, 0.25) is 0 Å². The summed E-state index contributed by atoms with van der Waals surface area (Å²) in [6.45, 7) is 4.72. The molecule has 1 aliphatic rings. The van der Waals surface area contributed by atoms with E-state index in [2.05, 4.69) is 5.32 Å². The Kier molecular flexibility index (Phi) is 8.46. The van der Waals surface area contributed by atoms with Crippen molar-refractivity contribution in [3.63, 3.8) is 0 Å². The fourth-order valence-corrected chi connectivity index (χ4v) is 1.89. The van der Waals surface area contributed by atoms with Gasteiger partial charge < -0.3 is 24.3 Å². The molecule has 8 nitrogen and oxygen atoms in total. The molecule has 1 heterocycles. The first-order chi connectivity index (χ1) is 10.6. The van der Waals surface area contributed by atoms with E-state index in [-0.39, 0.29) is 32.7 Å². The second-order valence-electron chi connectivity index (χ2n) is 4.59. The molecule has 8 heteroatoms. The minimum absolute atomic E-state index is 0.0135. The van der Waals surface area contributed by atoms with Crippen LogP contribution in [0.15, 0.2) is 0 Å². The van der Waals surface area contributed by atoms with Crippen LogP contribution in [-0.2, 0) is 33.3 Å². The average molecular weight is 317 g/mol. The summed E-state index contributed by atoms with van der Waals surface area (Å²) in [5.74, 6) is -1.47. The molecule has 0 bridgehead atoms. The van der Waals surface area contributed by atoms with Crippen molar-refractivity contribution >= 4 is 17.8 Å². The Morgan fingerprint density at radius 1 is 1.18 bits per heavy atom. The maximum atomic E-state index is 12.0. The molecule has 0 saturated carbocycles. The molecule has 0 spiro atoms. The van der Waals surface area contributed by atoms with Crippen LogP contribution < -0.4 is 5.32 Å². The van der Waals surface area contributed by atoms with Crippen LogP contribution in [-0.4, -0.2) is 63.0 Å². The highest BCUT2D eigenvalue weighted by Gasteiger charge is 2.29. The van der Waals surface area contributed by atoms with E-state index < -0.39 is 30.0 Å². The van der Waals surface area contributed by atoms with Crippen LogP contribution in [0.5, 0.6) is 0 Å². The van der Waals surface area contributed by atoms with Crippen LogP contribution in [0.3, 0.4) is 0 Å². The van der Waals surface area contributed by atoms with Crippen molar-refractivity contribution in [2.24, 2.45) is 0 Å². The molecular formula is C14H23NO7. The highest BCUT2D eigenvalue weighted by Crippen LogP contribution is 2.06. The monoisotopic (exact) mass is 317 g/mol. The van der Waals surface area contributed by atoms with E-state index in [0.717, 1.165) is 0 Å². The van der Waals surface area contributed by atoms with Crippen molar-refractivity contribution in [1.82, 2.24) is 5.32 Å². The van der Waals surface area contributed by atoms with Gasteiger partial charge >= 0.3 is 11.9 Å². The van der Waals surface area contributed by atoms with E-state index in [9.17, 15) is 14.4 Å². The molecular weight excluding hydrogens is 294 g/mol. The lowest BCUT2D eigenvalue weighted by atomic mass is 10.1. The van der Waals surface area contributed by atoms with Gasteiger partial charge in [-0.3, -0.25) is 9.59 Å². The van der Waals surface area contributed by atoms with Crippen LogP contribution >= 0.6 is 0 Å². The van der Waals surface area contributed by atoms with Gasteiger partial charge in [-0.05, 0) is 20.3 Å². The topological polar surface area (TPSA) is 100 Å². The lowest BCUT2D eigenvalue weighted by molar-refractivity contribution is -0.155. The normalized spacial score (nSPS) is 19.1. The lowest BCUT2D eigenvalue weighted by Gasteiger charge is -2.24. The Bertz CT molecular complexity index is 379.